The van der Waals surface area contributed by atoms with E-state index in [4.69, 9.17) is 4.74 Å². The van der Waals surface area contributed by atoms with Crippen molar-refractivity contribution in [2.45, 2.75) is 31.2 Å². The van der Waals surface area contributed by atoms with E-state index in [-0.39, 0.29) is 22.1 Å². The van der Waals surface area contributed by atoms with E-state index in [0.29, 0.717) is 6.54 Å². The van der Waals surface area contributed by atoms with Crippen molar-refractivity contribution in [3.8, 4) is 5.75 Å². The van der Waals surface area contributed by atoms with Gasteiger partial charge in [-0.3, -0.25) is 0 Å². The van der Waals surface area contributed by atoms with E-state index in [1.54, 1.807) is 6.20 Å². The quantitative estimate of drug-likeness (QED) is 0.891. The van der Waals surface area contributed by atoms with Gasteiger partial charge in [-0.2, -0.15) is 0 Å². The Morgan fingerprint density at radius 1 is 1.46 bits per heavy atom. The number of nitrogens with one attached hydrogen (secondary N) is 1. The number of aromatic nitrogens is 2. The normalized spacial score (nSPS) is 17.5. The topological polar surface area (TPSA) is 73.2 Å². The number of sulfonamides is 1. The lowest BCUT2D eigenvalue weighted by Crippen LogP contribution is -2.33. The third-order valence-corrected chi connectivity index (χ3v) is 5.99. The molecule has 2 heterocycles. The Bertz CT molecular complexity index is 848. The van der Waals surface area contributed by atoms with Crippen LogP contribution in [0.15, 0.2) is 29.4 Å². The Morgan fingerprint density at radius 3 is 3.00 bits per heavy atom. The first-order valence-electron chi connectivity index (χ1n) is 7.75. The highest BCUT2D eigenvalue weighted by Crippen LogP contribution is 2.26. The molecule has 0 amide bonds. The van der Waals surface area contributed by atoms with Gasteiger partial charge in [0.2, 0.25) is 10.0 Å². The minimum Gasteiger partial charge on any atom is -0.494 e. The predicted octanol–water partition coefficient (Wildman–Crippen LogP) is 1.88. The van der Waals surface area contributed by atoms with Crippen molar-refractivity contribution in [1.29, 1.82) is 0 Å². The summed E-state index contributed by atoms with van der Waals surface area (Å²) in [4.78, 5) is 4.22. The van der Waals surface area contributed by atoms with Gasteiger partial charge in [0.15, 0.2) is 11.6 Å². The summed E-state index contributed by atoms with van der Waals surface area (Å²) in [7, 11) is -2.43. The molecular formula is C16H20FN3O3S. The van der Waals surface area contributed by atoms with E-state index in [2.05, 4.69) is 14.3 Å². The highest BCUT2D eigenvalue weighted by Gasteiger charge is 2.24. The van der Waals surface area contributed by atoms with Crippen molar-refractivity contribution < 1.29 is 17.5 Å². The van der Waals surface area contributed by atoms with Crippen molar-refractivity contribution in [2.75, 3.05) is 13.7 Å². The molecule has 1 aromatic heterocycles. The number of hydrogen-bond acceptors (Lipinski definition) is 4. The van der Waals surface area contributed by atoms with E-state index in [1.165, 1.54) is 26.2 Å². The number of nitrogens with zero attached hydrogens (tertiary/aromatic N) is 2. The van der Waals surface area contributed by atoms with Gasteiger partial charge in [-0.05, 0) is 31.4 Å². The van der Waals surface area contributed by atoms with Crippen LogP contribution in [0.5, 0.6) is 5.75 Å². The van der Waals surface area contributed by atoms with Crippen LogP contribution in [-0.2, 0) is 23.0 Å². The molecule has 0 unspecified atom stereocenters. The molecule has 24 heavy (non-hydrogen) atoms. The lowest BCUT2D eigenvalue weighted by Gasteiger charge is -2.23. The summed E-state index contributed by atoms with van der Waals surface area (Å²) in [6.45, 7) is 2.57. The molecular weight excluding hydrogens is 333 g/mol. The minimum atomic E-state index is -3.77. The van der Waals surface area contributed by atoms with Crippen LogP contribution in [0.2, 0.25) is 0 Å². The molecule has 2 aromatic rings. The van der Waals surface area contributed by atoms with Crippen LogP contribution in [0, 0.1) is 18.7 Å². The molecule has 0 fully saturated rings. The number of aryl methyl sites for hydroxylation is 1. The van der Waals surface area contributed by atoms with Gasteiger partial charge < -0.3 is 9.30 Å². The van der Waals surface area contributed by atoms with Crippen LogP contribution in [0.3, 0.4) is 0 Å². The Morgan fingerprint density at radius 2 is 2.25 bits per heavy atom. The van der Waals surface area contributed by atoms with Crippen LogP contribution < -0.4 is 9.46 Å². The molecule has 8 heteroatoms. The number of imidazole rings is 1. The summed E-state index contributed by atoms with van der Waals surface area (Å²) in [6, 6.07) is 2.70. The molecule has 1 aliphatic heterocycles. The van der Waals surface area contributed by atoms with E-state index in [0.717, 1.165) is 25.2 Å². The third-order valence-electron chi connectivity index (χ3n) is 4.42. The second-order valence-corrected chi connectivity index (χ2v) is 7.69. The molecule has 6 nitrogen and oxygen atoms in total. The largest absolute Gasteiger partial charge is 0.494 e. The van der Waals surface area contributed by atoms with Crippen LogP contribution in [0.25, 0.3) is 0 Å². The number of rotatable bonds is 5. The molecule has 1 aliphatic rings. The number of halogens is 1. The van der Waals surface area contributed by atoms with Gasteiger partial charge in [-0.25, -0.2) is 22.5 Å². The first kappa shape index (κ1) is 16.9. The maximum atomic E-state index is 14.1. The zero-order valence-corrected chi connectivity index (χ0v) is 14.4. The SMILES string of the molecule is COc1ccc(S(=O)(=O)NC[C@H]2CCn3ccnc3C2)c(C)c1F. The molecule has 0 spiro atoms. The Kier molecular flexibility index (Phi) is 4.60. The summed E-state index contributed by atoms with van der Waals surface area (Å²) >= 11 is 0. The van der Waals surface area contributed by atoms with E-state index < -0.39 is 15.8 Å². The number of fused-ring (bicyclic) bond motifs is 1. The van der Waals surface area contributed by atoms with Crippen LogP contribution >= 0.6 is 0 Å². The Labute approximate surface area is 140 Å². The van der Waals surface area contributed by atoms with Gasteiger partial charge >= 0.3 is 0 Å². The monoisotopic (exact) mass is 353 g/mol. The number of benzene rings is 1. The fourth-order valence-corrected chi connectivity index (χ4v) is 4.34. The summed E-state index contributed by atoms with van der Waals surface area (Å²) in [5.74, 6) is 0.529. The molecule has 130 valence electrons. The molecule has 0 saturated heterocycles. The predicted molar refractivity (Wildman–Crippen MR) is 86.9 cm³/mol. The second kappa shape index (κ2) is 6.52. The van der Waals surface area contributed by atoms with E-state index in [9.17, 15) is 12.8 Å². The van der Waals surface area contributed by atoms with Crippen molar-refractivity contribution in [2.24, 2.45) is 5.92 Å². The van der Waals surface area contributed by atoms with Gasteiger partial charge in [0, 0.05) is 37.5 Å². The van der Waals surface area contributed by atoms with Gasteiger partial charge in [0.05, 0.1) is 12.0 Å². The lowest BCUT2D eigenvalue weighted by molar-refractivity contribution is 0.378. The van der Waals surface area contributed by atoms with Crippen LogP contribution in [-0.4, -0.2) is 31.6 Å². The fraction of sp³-hybridized carbons (Fsp3) is 0.438. The van der Waals surface area contributed by atoms with Crippen molar-refractivity contribution in [3.63, 3.8) is 0 Å². The maximum absolute atomic E-state index is 14.1. The smallest absolute Gasteiger partial charge is 0.240 e. The minimum absolute atomic E-state index is 0.0329. The number of methoxy groups -OCH3 is 1. The second-order valence-electron chi connectivity index (χ2n) is 5.95. The first-order valence-corrected chi connectivity index (χ1v) is 9.23. The molecule has 1 atom stereocenters. The summed E-state index contributed by atoms with van der Waals surface area (Å²) in [6.07, 6.45) is 5.29. The maximum Gasteiger partial charge on any atom is 0.240 e. The highest BCUT2D eigenvalue weighted by molar-refractivity contribution is 7.89. The van der Waals surface area contributed by atoms with E-state index >= 15 is 0 Å². The van der Waals surface area contributed by atoms with Gasteiger partial charge in [0.25, 0.3) is 0 Å². The van der Waals surface area contributed by atoms with Gasteiger partial charge in [-0.15, -0.1) is 0 Å². The average Bonchev–Trinajstić information content (AvgIpc) is 3.03. The Balaban J connectivity index is 1.72. The number of hydrogen-bond donors (Lipinski definition) is 1. The molecule has 0 radical (unpaired) electrons. The van der Waals surface area contributed by atoms with Crippen LogP contribution in [0.1, 0.15) is 17.8 Å². The standard InChI is InChI=1S/C16H20FN3O3S/c1-11-14(4-3-13(23-2)16(11)17)24(21,22)19-10-12-5-7-20-8-6-18-15(20)9-12/h3-4,6,8,12,19H,5,7,9-10H2,1-2H3/t12-/m0/s1. The van der Waals surface area contributed by atoms with Crippen LogP contribution in [0.4, 0.5) is 4.39 Å². The zero-order valence-electron chi connectivity index (χ0n) is 13.6. The fourth-order valence-electron chi connectivity index (χ4n) is 2.99. The summed E-state index contributed by atoms with van der Waals surface area (Å²) in [5.41, 5.74) is 0.0565. The zero-order chi connectivity index (χ0) is 17.3. The Hall–Kier alpha value is -1.93. The molecule has 0 aliphatic carbocycles. The summed E-state index contributed by atoms with van der Waals surface area (Å²) in [5, 5.41) is 0. The molecule has 0 bridgehead atoms. The average molecular weight is 353 g/mol. The molecule has 1 aromatic carbocycles. The third kappa shape index (κ3) is 3.16. The van der Waals surface area contributed by atoms with Crippen molar-refractivity contribution >= 4 is 10.0 Å². The summed E-state index contributed by atoms with van der Waals surface area (Å²) < 4.78 is 48.7. The first-order chi connectivity index (χ1) is 11.4. The lowest BCUT2D eigenvalue weighted by atomic mass is 9.98. The molecule has 3 rings (SSSR count). The van der Waals surface area contributed by atoms with Gasteiger partial charge in [-0.1, -0.05) is 0 Å². The highest BCUT2D eigenvalue weighted by atomic mass is 32.2. The van der Waals surface area contributed by atoms with E-state index in [1.807, 2.05) is 6.20 Å². The molecule has 0 saturated carbocycles. The van der Waals surface area contributed by atoms with Crippen molar-refractivity contribution in [1.82, 2.24) is 14.3 Å². The molecule has 1 N–H and O–H groups in total. The van der Waals surface area contributed by atoms with Gasteiger partial charge in [0.1, 0.15) is 5.82 Å². The van der Waals surface area contributed by atoms with Crippen molar-refractivity contribution in [3.05, 3.63) is 41.7 Å². The number of ether oxygens (including phenoxy) is 1.